The van der Waals surface area contributed by atoms with E-state index in [9.17, 15) is 19.5 Å². The maximum absolute atomic E-state index is 12.1. The predicted octanol–water partition coefficient (Wildman–Crippen LogP) is -2.83. The Kier molecular flexibility index (Phi) is 9.44. The Balaban J connectivity index is 2.82. The number of carbonyl (C=O) groups excluding carboxylic acids is 2. The van der Waals surface area contributed by atoms with Gasteiger partial charge in [0.05, 0.1) is 18.6 Å². The van der Waals surface area contributed by atoms with Crippen LogP contribution in [0.3, 0.4) is 0 Å². The van der Waals surface area contributed by atoms with Crippen LogP contribution in [0.25, 0.3) is 0 Å². The molecular weight excluding hydrogens is 402 g/mol. The fourth-order valence-electron chi connectivity index (χ4n) is 2.31. The number of rotatable bonds is 12. The van der Waals surface area contributed by atoms with Crippen LogP contribution >= 0.6 is 0 Å². The molecule has 0 bridgehead atoms. The zero-order chi connectivity index (χ0) is 22.8. The molecule has 15 nitrogen and oxygen atoms in total. The average molecular weight is 429 g/mol. The van der Waals surface area contributed by atoms with E-state index in [2.05, 4.69) is 25.8 Å². The van der Waals surface area contributed by atoms with E-state index in [1.54, 1.807) is 0 Å². The van der Waals surface area contributed by atoms with Gasteiger partial charge in [0.2, 0.25) is 17.7 Å². The lowest BCUT2D eigenvalue weighted by Crippen LogP contribution is -2.52. The number of nitrogens with zero attached hydrogens (tertiary/aromatic N) is 3. The maximum Gasteiger partial charge on any atom is 0.328 e. The van der Waals surface area contributed by atoms with Crippen LogP contribution in [0.4, 0.5) is 4.79 Å². The molecule has 0 aliphatic carbocycles. The summed E-state index contributed by atoms with van der Waals surface area (Å²) in [4.78, 5) is 38.3. The van der Waals surface area contributed by atoms with E-state index in [-0.39, 0.29) is 17.7 Å². The Labute approximate surface area is 171 Å². The molecule has 0 aliphatic heterocycles. The van der Waals surface area contributed by atoms with E-state index >= 15 is 0 Å². The number of amides is 3. The van der Waals surface area contributed by atoms with Crippen molar-refractivity contribution >= 4 is 23.9 Å². The molecule has 1 aromatic rings. The molecule has 4 atom stereocenters. The van der Waals surface area contributed by atoms with Crippen LogP contribution in [0.15, 0.2) is 9.41 Å². The molecule has 0 radical (unpaired) electrons. The molecule has 1 rings (SSSR count). The van der Waals surface area contributed by atoms with Crippen LogP contribution in [-0.2, 0) is 9.59 Å². The molecule has 1 unspecified atom stereocenters. The van der Waals surface area contributed by atoms with Crippen molar-refractivity contribution in [2.45, 2.75) is 50.4 Å². The van der Waals surface area contributed by atoms with Gasteiger partial charge in [-0.25, -0.2) is 9.59 Å². The summed E-state index contributed by atoms with van der Waals surface area (Å²) < 4.78 is 5.44. The standard InChI is InChI=1S/C15H27N9O6/c1-6(25)10(13(27)28)22-15(29)21-8(5-9(17)26)12-24-23-11(30-12)7(16)3-2-4-20-14(18)19/h6-8,10,25H,2-5,16H2,1H3,(H2,17,26)(H,27,28)(H4,18,19,20)(H2,21,22,29)/t6?,7-,8-,10-/m0/s1. The van der Waals surface area contributed by atoms with Crippen molar-refractivity contribution in [3.63, 3.8) is 0 Å². The van der Waals surface area contributed by atoms with Gasteiger partial charge >= 0.3 is 12.0 Å². The summed E-state index contributed by atoms with van der Waals surface area (Å²) in [5.41, 5.74) is 21.6. The van der Waals surface area contributed by atoms with Gasteiger partial charge in [0.25, 0.3) is 0 Å². The summed E-state index contributed by atoms with van der Waals surface area (Å²) in [5, 5.41) is 30.4. The van der Waals surface area contributed by atoms with Crippen molar-refractivity contribution in [1.82, 2.24) is 20.8 Å². The number of aliphatic hydroxyl groups excluding tert-OH is 1. The first-order valence-corrected chi connectivity index (χ1v) is 8.91. The average Bonchev–Trinajstić information content (AvgIpc) is 3.11. The number of hydrogen-bond acceptors (Lipinski definition) is 9. The van der Waals surface area contributed by atoms with Crippen molar-refractivity contribution in [3.8, 4) is 0 Å². The van der Waals surface area contributed by atoms with E-state index in [0.29, 0.717) is 19.4 Å². The number of carboxylic acids is 1. The van der Waals surface area contributed by atoms with Gasteiger partial charge in [0.15, 0.2) is 12.0 Å². The summed E-state index contributed by atoms with van der Waals surface area (Å²) in [5.74, 6) is -2.37. The van der Waals surface area contributed by atoms with E-state index in [0.717, 1.165) is 0 Å². The number of nitrogens with one attached hydrogen (secondary N) is 2. The van der Waals surface area contributed by atoms with Crippen LogP contribution < -0.4 is 33.6 Å². The minimum absolute atomic E-state index is 0.0389. The largest absolute Gasteiger partial charge is 0.480 e. The van der Waals surface area contributed by atoms with Gasteiger partial charge in [-0.3, -0.25) is 9.79 Å². The first kappa shape index (κ1) is 24.6. The lowest BCUT2D eigenvalue weighted by atomic mass is 10.1. The number of aromatic nitrogens is 2. The molecule has 0 fully saturated rings. The Bertz CT molecular complexity index is 762. The zero-order valence-corrected chi connectivity index (χ0v) is 16.3. The lowest BCUT2D eigenvalue weighted by Gasteiger charge is -2.19. The number of aliphatic hydroxyl groups is 1. The molecule has 30 heavy (non-hydrogen) atoms. The van der Waals surface area contributed by atoms with Gasteiger partial charge in [-0.2, -0.15) is 0 Å². The number of hydrogen-bond donors (Lipinski definition) is 8. The van der Waals surface area contributed by atoms with Gasteiger partial charge in [0, 0.05) is 6.54 Å². The number of primary amides is 1. The van der Waals surface area contributed by atoms with E-state index in [1.165, 1.54) is 6.92 Å². The van der Waals surface area contributed by atoms with Crippen molar-refractivity contribution < 1.29 is 29.0 Å². The van der Waals surface area contributed by atoms with E-state index in [4.69, 9.17) is 32.5 Å². The molecule has 1 heterocycles. The first-order chi connectivity index (χ1) is 14.0. The van der Waals surface area contributed by atoms with Crippen molar-refractivity contribution in [3.05, 3.63) is 11.8 Å². The fraction of sp³-hybridized carbons (Fsp3) is 0.600. The number of carbonyl (C=O) groups is 3. The first-order valence-electron chi connectivity index (χ1n) is 8.91. The van der Waals surface area contributed by atoms with Crippen LogP contribution in [-0.4, -0.2) is 63.0 Å². The molecule has 0 saturated heterocycles. The molecule has 0 aliphatic rings. The second-order valence-corrected chi connectivity index (χ2v) is 6.43. The minimum atomic E-state index is -1.57. The fourth-order valence-corrected chi connectivity index (χ4v) is 2.31. The van der Waals surface area contributed by atoms with Crippen LogP contribution in [0.5, 0.6) is 0 Å². The Morgan fingerprint density at radius 2 is 1.80 bits per heavy atom. The summed E-state index contributed by atoms with van der Waals surface area (Å²) in [6, 6.07) is -4.34. The normalized spacial score (nSPS) is 14.8. The second kappa shape index (κ2) is 11.5. The van der Waals surface area contributed by atoms with Crippen LogP contribution in [0.2, 0.25) is 0 Å². The monoisotopic (exact) mass is 429 g/mol. The molecule has 1 aromatic heterocycles. The summed E-state index contributed by atoms with van der Waals surface area (Å²) >= 11 is 0. The smallest absolute Gasteiger partial charge is 0.328 e. The number of aliphatic carboxylic acids is 1. The number of urea groups is 1. The SMILES string of the molecule is CC(O)[C@H](NC(=O)N[C@@H](CC(N)=O)c1nnc([C@@H](N)CCCN=C(N)N)o1)C(=O)O. The highest BCUT2D eigenvalue weighted by atomic mass is 16.4. The molecule has 0 saturated carbocycles. The second-order valence-electron chi connectivity index (χ2n) is 6.43. The maximum atomic E-state index is 12.1. The summed E-state index contributed by atoms with van der Waals surface area (Å²) in [7, 11) is 0. The Morgan fingerprint density at radius 1 is 1.17 bits per heavy atom. The molecular formula is C15H27N9O6. The van der Waals surface area contributed by atoms with Crippen molar-refractivity contribution in [2.24, 2.45) is 27.9 Å². The number of aliphatic imine (C=N–C) groups is 1. The van der Waals surface area contributed by atoms with Gasteiger partial charge in [-0.1, -0.05) is 0 Å². The third-order valence-corrected chi connectivity index (χ3v) is 3.78. The quantitative estimate of drug-likeness (QED) is 0.0952. The topological polar surface area (TPSA) is 271 Å². The van der Waals surface area contributed by atoms with Crippen molar-refractivity contribution in [1.29, 1.82) is 0 Å². The van der Waals surface area contributed by atoms with E-state index in [1.807, 2.05) is 0 Å². The van der Waals surface area contributed by atoms with Gasteiger partial charge in [-0.05, 0) is 19.8 Å². The molecule has 15 heteroatoms. The highest BCUT2D eigenvalue weighted by molar-refractivity contribution is 5.83. The Morgan fingerprint density at radius 3 is 2.33 bits per heavy atom. The molecule has 12 N–H and O–H groups in total. The number of guanidine groups is 1. The molecule has 168 valence electrons. The van der Waals surface area contributed by atoms with Gasteiger partial charge in [-0.15, -0.1) is 10.2 Å². The predicted molar refractivity (Wildman–Crippen MR) is 102 cm³/mol. The summed E-state index contributed by atoms with van der Waals surface area (Å²) in [6.45, 7) is 1.55. The van der Waals surface area contributed by atoms with Gasteiger partial charge in [0.1, 0.15) is 6.04 Å². The lowest BCUT2D eigenvalue weighted by molar-refractivity contribution is -0.141. The van der Waals surface area contributed by atoms with Crippen molar-refractivity contribution in [2.75, 3.05) is 6.54 Å². The van der Waals surface area contributed by atoms with Crippen LogP contribution in [0, 0.1) is 0 Å². The summed E-state index contributed by atoms with van der Waals surface area (Å²) in [6.07, 6.45) is -0.810. The number of nitrogens with two attached hydrogens (primary N) is 4. The third-order valence-electron chi connectivity index (χ3n) is 3.78. The molecule has 0 spiro atoms. The minimum Gasteiger partial charge on any atom is -0.480 e. The van der Waals surface area contributed by atoms with E-state index < -0.39 is 48.6 Å². The van der Waals surface area contributed by atoms with Crippen LogP contribution in [0.1, 0.15) is 50.1 Å². The third kappa shape index (κ3) is 8.27. The Hall–Kier alpha value is -3.46. The van der Waals surface area contributed by atoms with Gasteiger partial charge < -0.3 is 48.2 Å². The zero-order valence-electron chi connectivity index (χ0n) is 16.3. The molecule has 3 amide bonds. The number of carboxylic acid groups (broad SMARTS) is 1. The highest BCUT2D eigenvalue weighted by Gasteiger charge is 2.29. The molecule has 0 aromatic carbocycles. The highest BCUT2D eigenvalue weighted by Crippen LogP contribution is 2.20.